The van der Waals surface area contributed by atoms with Crippen molar-refractivity contribution in [1.82, 2.24) is 0 Å². The third-order valence-electron chi connectivity index (χ3n) is 8.08. The SMILES string of the molecule is COc1c2c(c(O)c3c4c(c(C)cc13)C1OC3(CO)OC1[C@@](OC)(O4)[C@@]31CO1)C(=O)CCC2. The number of aliphatic hydroxyl groups excluding tert-OH is 1. The largest absolute Gasteiger partial charge is 0.506 e. The molecule has 1 aliphatic carbocycles. The minimum atomic E-state index is -1.40. The van der Waals surface area contributed by atoms with E-state index in [2.05, 4.69) is 0 Å². The van der Waals surface area contributed by atoms with Crippen LogP contribution in [0.3, 0.4) is 0 Å². The first-order valence-corrected chi connectivity index (χ1v) is 11.2. The van der Waals surface area contributed by atoms with Crippen molar-refractivity contribution < 1.29 is 43.4 Å². The second kappa shape index (κ2) is 5.97. The minimum Gasteiger partial charge on any atom is -0.506 e. The molecule has 0 aromatic heterocycles. The Hall–Kier alpha value is -2.43. The van der Waals surface area contributed by atoms with E-state index in [-0.39, 0.29) is 23.7 Å². The van der Waals surface area contributed by atoms with E-state index >= 15 is 0 Å². The lowest BCUT2D eigenvalue weighted by molar-refractivity contribution is -0.294. The summed E-state index contributed by atoms with van der Waals surface area (Å²) in [5.41, 5.74) is 1.41. The van der Waals surface area contributed by atoms with Crippen LogP contribution in [0.5, 0.6) is 17.2 Å². The molecule has 4 aliphatic heterocycles. The second-order valence-electron chi connectivity index (χ2n) is 9.45. The number of aliphatic hydroxyl groups is 1. The van der Waals surface area contributed by atoms with Gasteiger partial charge in [0.05, 0.1) is 24.7 Å². The highest BCUT2D eigenvalue weighted by atomic mass is 16.9. The first kappa shape index (κ1) is 20.0. The summed E-state index contributed by atoms with van der Waals surface area (Å²) in [6.45, 7) is 1.73. The van der Waals surface area contributed by atoms with Gasteiger partial charge in [-0.25, -0.2) is 0 Å². The van der Waals surface area contributed by atoms with Gasteiger partial charge in [-0.05, 0) is 31.4 Å². The lowest BCUT2D eigenvalue weighted by Gasteiger charge is -2.48. The van der Waals surface area contributed by atoms with Crippen LogP contribution in [0.2, 0.25) is 0 Å². The zero-order valence-electron chi connectivity index (χ0n) is 18.5. The Morgan fingerprint density at radius 1 is 1.24 bits per heavy atom. The summed E-state index contributed by atoms with van der Waals surface area (Å²) >= 11 is 0. The van der Waals surface area contributed by atoms with E-state index in [0.717, 1.165) is 11.1 Å². The van der Waals surface area contributed by atoms with Gasteiger partial charge in [-0.3, -0.25) is 4.79 Å². The molecule has 5 aliphatic rings. The molecule has 2 bridgehead atoms. The molecule has 33 heavy (non-hydrogen) atoms. The van der Waals surface area contributed by atoms with E-state index in [0.29, 0.717) is 47.1 Å². The highest BCUT2D eigenvalue weighted by Gasteiger charge is 2.91. The number of carbonyl (C=O) groups excluding carboxylic acids is 1. The maximum absolute atomic E-state index is 12.8. The van der Waals surface area contributed by atoms with Gasteiger partial charge < -0.3 is 38.6 Å². The topological polar surface area (TPSA) is 116 Å². The lowest BCUT2D eigenvalue weighted by Crippen LogP contribution is -2.68. The quantitative estimate of drug-likeness (QED) is 0.670. The number of aryl methyl sites for hydroxylation is 1. The summed E-state index contributed by atoms with van der Waals surface area (Å²) in [5, 5.41) is 22.7. The van der Waals surface area contributed by atoms with Crippen molar-refractivity contribution in [2.75, 3.05) is 27.4 Å². The lowest BCUT2D eigenvalue weighted by atomic mass is 9.78. The summed E-state index contributed by atoms with van der Waals surface area (Å²) in [4.78, 5) is 12.8. The molecule has 5 atom stereocenters. The van der Waals surface area contributed by atoms with Crippen LogP contribution in [0.25, 0.3) is 10.8 Å². The Morgan fingerprint density at radius 2 is 2.03 bits per heavy atom. The van der Waals surface area contributed by atoms with Crippen LogP contribution >= 0.6 is 0 Å². The molecule has 9 nitrogen and oxygen atoms in total. The summed E-state index contributed by atoms with van der Waals surface area (Å²) in [6.07, 6.45) is 0.424. The molecule has 0 saturated carbocycles. The fourth-order valence-corrected chi connectivity index (χ4v) is 6.59. The fourth-order valence-electron chi connectivity index (χ4n) is 6.59. The van der Waals surface area contributed by atoms with E-state index in [1.165, 1.54) is 7.11 Å². The Balaban J connectivity index is 1.58. The maximum Gasteiger partial charge on any atom is 0.276 e. The number of ketones is 1. The van der Waals surface area contributed by atoms with Crippen molar-refractivity contribution in [2.24, 2.45) is 0 Å². The van der Waals surface area contributed by atoms with E-state index in [1.54, 1.807) is 7.11 Å². The number of ether oxygens (including phenoxy) is 6. The molecule has 4 heterocycles. The molecule has 174 valence electrons. The third-order valence-corrected chi connectivity index (χ3v) is 8.08. The van der Waals surface area contributed by atoms with Crippen LogP contribution in [0.4, 0.5) is 0 Å². The summed E-state index contributed by atoms with van der Waals surface area (Å²) < 4.78 is 36.6. The fraction of sp³-hybridized carbons (Fsp3) is 0.542. The molecule has 0 radical (unpaired) electrons. The zero-order chi connectivity index (χ0) is 22.9. The van der Waals surface area contributed by atoms with E-state index in [1.807, 2.05) is 13.0 Å². The molecule has 7 rings (SSSR count). The number of fused-ring (bicyclic) bond motifs is 8. The first-order valence-electron chi connectivity index (χ1n) is 11.2. The molecule has 2 aromatic rings. The van der Waals surface area contributed by atoms with Gasteiger partial charge >= 0.3 is 0 Å². The molecule has 9 heteroatoms. The van der Waals surface area contributed by atoms with E-state index < -0.39 is 36.0 Å². The standard InChI is InChI=1S/C24H24O9/c1-10-7-12-16(17(27)15-11(18(12)28-2)5-4-6-13(15)26)19-14(10)20-21-24(29-3,32-19)22(9-30-22)23(8-25,31-20)33-21/h7,20-21,25,27H,4-6,8-9H2,1-3H3/t20?,21?,22-,23?,24-/m1/s1. The molecule has 3 unspecified atom stereocenters. The third kappa shape index (κ3) is 1.94. The van der Waals surface area contributed by atoms with Gasteiger partial charge in [0, 0.05) is 30.0 Å². The number of phenols is 1. The number of methoxy groups -OCH3 is 2. The average molecular weight is 456 g/mol. The van der Waals surface area contributed by atoms with Crippen LogP contribution < -0.4 is 9.47 Å². The van der Waals surface area contributed by atoms with Crippen LogP contribution in [-0.2, 0) is 25.4 Å². The normalized spacial score (nSPS) is 37.3. The zero-order valence-corrected chi connectivity index (χ0v) is 18.5. The van der Waals surface area contributed by atoms with Crippen molar-refractivity contribution in [1.29, 1.82) is 0 Å². The van der Waals surface area contributed by atoms with Gasteiger partial charge in [-0.2, -0.15) is 0 Å². The number of benzene rings is 2. The number of phenolic OH excluding ortho intramolecular Hbond substituents is 1. The monoisotopic (exact) mass is 456 g/mol. The van der Waals surface area contributed by atoms with Gasteiger partial charge in [0.1, 0.15) is 30.0 Å². The number of hydrogen-bond donors (Lipinski definition) is 2. The number of carbonyl (C=O) groups is 1. The van der Waals surface area contributed by atoms with E-state index in [4.69, 9.17) is 28.4 Å². The summed E-state index contributed by atoms with van der Waals surface area (Å²) in [5.74, 6) is -2.10. The Bertz CT molecular complexity index is 1270. The number of rotatable bonds is 3. The number of Topliss-reactive ketones (excluding diaryl/α,β-unsaturated/α-hetero) is 1. The predicted octanol–water partition coefficient (Wildman–Crippen LogP) is 2.04. The van der Waals surface area contributed by atoms with Crippen LogP contribution in [0.1, 0.15) is 46.0 Å². The van der Waals surface area contributed by atoms with Crippen molar-refractivity contribution in [3.8, 4) is 17.2 Å². The van der Waals surface area contributed by atoms with Crippen molar-refractivity contribution in [2.45, 2.75) is 55.6 Å². The van der Waals surface area contributed by atoms with Crippen LogP contribution in [-0.4, -0.2) is 66.7 Å². The number of hydrogen-bond acceptors (Lipinski definition) is 9. The highest BCUT2D eigenvalue weighted by molar-refractivity contribution is 6.11. The summed E-state index contributed by atoms with van der Waals surface area (Å²) in [7, 11) is 3.07. The number of aromatic hydroxyl groups is 1. The first-order chi connectivity index (χ1) is 15.9. The molecule has 2 aromatic carbocycles. The van der Waals surface area contributed by atoms with Gasteiger partial charge in [0.2, 0.25) is 11.4 Å². The molecular formula is C24H24O9. The van der Waals surface area contributed by atoms with Crippen LogP contribution in [0, 0.1) is 6.92 Å². The van der Waals surface area contributed by atoms with Crippen molar-refractivity contribution >= 4 is 16.6 Å². The number of epoxide rings is 1. The average Bonchev–Trinajstić information content (AvgIpc) is 3.47. The van der Waals surface area contributed by atoms with Crippen molar-refractivity contribution in [3.63, 3.8) is 0 Å². The summed E-state index contributed by atoms with van der Waals surface area (Å²) in [6, 6.07) is 1.92. The van der Waals surface area contributed by atoms with Gasteiger partial charge in [-0.1, -0.05) is 0 Å². The maximum atomic E-state index is 12.8. The second-order valence-corrected chi connectivity index (χ2v) is 9.45. The molecule has 0 amide bonds. The van der Waals surface area contributed by atoms with Crippen LogP contribution in [0.15, 0.2) is 6.07 Å². The molecule has 1 spiro atoms. The van der Waals surface area contributed by atoms with E-state index in [9.17, 15) is 15.0 Å². The smallest absolute Gasteiger partial charge is 0.276 e. The Morgan fingerprint density at radius 3 is 2.70 bits per heavy atom. The highest BCUT2D eigenvalue weighted by Crippen LogP contribution is 2.70. The molecular weight excluding hydrogens is 432 g/mol. The predicted molar refractivity (Wildman–Crippen MR) is 112 cm³/mol. The van der Waals surface area contributed by atoms with Gasteiger partial charge in [0.15, 0.2) is 11.9 Å². The molecule has 3 fully saturated rings. The molecule has 3 saturated heterocycles. The van der Waals surface area contributed by atoms with Gasteiger partial charge in [0.25, 0.3) is 5.79 Å². The Kier molecular flexibility index (Phi) is 3.62. The Labute approximate surface area is 189 Å². The van der Waals surface area contributed by atoms with Gasteiger partial charge in [-0.15, -0.1) is 0 Å². The minimum absolute atomic E-state index is 0.121. The van der Waals surface area contributed by atoms with Crippen molar-refractivity contribution in [3.05, 3.63) is 28.3 Å². The molecule has 2 N–H and O–H groups in total.